The minimum atomic E-state index is -2.88. The van der Waals surface area contributed by atoms with Crippen LogP contribution in [0.2, 0.25) is 0 Å². The highest BCUT2D eigenvalue weighted by Crippen LogP contribution is 2.23. The fraction of sp³-hybridized carbons (Fsp3) is 0.545. The standard InChI is InChI=1S/C11H17BrN2O2S/c1-13-10(6-4-8-17(2,15)16)11-9(12)5-3-7-14-11/h3,5,7,10,13H,4,6,8H2,1-2H3. The van der Waals surface area contributed by atoms with Crippen LogP contribution in [0.3, 0.4) is 0 Å². The van der Waals surface area contributed by atoms with Crippen LogP contribution in [-0.2, 0) is 9.84 Å². The Balaban J connectivity index is 2.64. The van der Waals surface area contributed by atoms with Gasteiger partial charge in [-0.25, -0.2) is 8.42 Å². The van der Waals surface area contributed by atoms with Crippen LogP contribution in [-0.4, -0.2) is 32.5 Å². The Hall–Kier alpha value is -0.460. The summed E-state index contributed by atoms with van der Waals surface area (Å²) in [6.45, 7) is 0. The zero-order chi connectivity index (χ0) is 12.9. The van der Waals surface area contributed by atoms with E-state index in [4.69, 9.17) is 0 Å². The molecule has 0 aliphatic carbocycles. The van der Waals surface area contributed by atoms with E-state index < -0.39 is 9.84 Å². The topological polar surface area (TPSA) is 59.1 Å². The first kappa shape index (κ1) is 14.6. The van der Waals surface area contributed by atoms with Gasteiger partial charge in [-0.15, -0.1) is 0 Å². The maximum absolute atomic E-state index is 11.1. The smallest absolute Gasteiger partial charge is 0.147 e. The Kier molecular flexibility index (Phi) is 5.55. The Morgan fingerprint density at radius 3 is 2.76 bits per heavy atom. The summed E-state index contributed by atoms with van der Waals surface area (Å²) in [6.07, 6.45) is 4.38. The molecular weight excluding hydrogens is 304 g/mol. The average molecular weight is 321 g/mol. The lowest BCUT2D eigenvalue weighted by atomic mass is 10.1. The number of nitrogens with zero attached hydrogens (tertiary/aromatic N) is 1. The summed E-state index contributed by atoms with van der Waals surface area (Å²) in [4.78, 5) is 4.31. The Labute approximate surface area is 111 Å². The summed E-state index contributed by atoms with van der Waals surface area (Å²) in [7, 11) is -1.03. The van der Waals surface area contributed by atoms with Gasteiger partial charge in [-0.2, -0.15) is 0 Å². The highest BCUT2D eigenvalue weighted by Gasteiger charge is 2.14. The van der Waals surface area contributed by atoms with Crippen molar-refractivity contribution in [2.45, 2.75) is 18.9 Å². The largest absolute Gasteiger partial charge is 0.312 e. The molecule has 0 aromatic carbocycles. The molecule has 0 bridgehead atoms. The predicted octanol–water partition coefficient (Wildman–Crippen LogP) is 1.93. The third kappa shape index (κ3) is 5.14. The first-order valence-corrected chi connectivity index (χ1v) is 8.25. The van der Waals surface area contributed by atoms with Crippen molar-refractivity contribution in [3.8, 4) is 0 Å². The van der Waals surface area contributed by atoms with Gasteiger partial charge in [0.25, 0.3) is 0 Å². The first-order chi connectivity index (χ1) is 7.94. The van der Waals surface area contributed by atoms with E-state index in [2.05, 4.69) is 26.2 Å². The van der Waals surface area contributed by atoms with Crippen molar-refractivity contribution in [3.05, 3.63) is 28.5 Å². The lowest BCUT2D eigenvalue weighted by Gasteiger charge is -2.16. The number of rotatable bonds is 6. The van der Waals surface area contributed by atoms with Gasteiger partial charge in [0.1, 0.15) is 9.84 Å². The van der Waals surface area contributed by atoms with Gasteiger partial charge in [0, 0.05) is 22.7 Å². The van der Waals surface area contributed by atoms with Crippen molar-refractivity contribution >= 4 is 25.8 Å². The van der Waals surface area contributed by atoms with E-state index in [-0.39, 0.29) is 11.8 Å². The molecule has 1 N–H and O–H groups in total. The number of sulfone groups is 1. The lowest BCUT2D eigenvalue weighted by molar-refractivity contribution is 0.523. The third-order valence-electron chi connectivity index (χ3n) is 2.47. The van der Waals surface area contributed by atoms with Crippen molar-refractivity contribution in [1.29, 1.82) is 0 Å². The molecule has 0 spiro atoms. The molecule has 1 aromatic heterocycles. The zero-order valence-electron chi connectivity index (χ0n) is 9.98. The van der Waals surface area contributed by atoms with E-state index in [1.54, 1.807) is 6.20 Å². The molecule has 1 atom stereocenters. The van der Waals surface area contributed by atoms with Crippen LogP contribution in [0.1, 0.15) is 24.6 Å². The van der Waals surface area contributed by atoms with Crippen molar-refractivity contribution in [2.75, 3.05) is 19.1 Å². The molecule has 96 valence electrons. The maximum atomic E-state index is 11.1. The second-order valence-corrected chi connectivity index (χ2v) is 7.10. The number of hydrogen-bond acceptors (Lipinski definition) is 4. The SMILES string of the molecule is CNC(CCCS(C)(=O)=O)c1ncccc1Br. The van der Waals surface area contributed by atoms with Gasteiger partial charge in [0.05, 0.1) is 11.7 Å². The number of pyridine rings is 1. The Bertz CT molecular complexity index is 462. The van der Waals surface area contributed by atoms with E-state index in [1.165, 1.54) is 6.26 Å². The number of hydrogen-bond donors (Lipinski definition) is 1. The minimum absolute atomic E-state index is 0.0762. The first-order valence-electron chi connectivity index (χ1n) is 5.39. The van der Waals surface area contributed by atoms with E-state index in [0.29, 0.717) is 6.42 Å². The fourth-order valence-electron chi connectivity index (χ4n) is 1.62. The van der Waals surface area contributed by atoms with Gasteiger partial charge in [0.15, 0.2) is 0 Å². The van der Waals surface area contributed by atoms with Crippen LogP contribution in [0.25, 0.3) is 0 Å². The van der Waals surface area contributed by atoms with Crippen molar-refractivity contribution < 1.29 is 8.42 Å². The highest BCUT2D eigenvalue weighted by molar-refractivity contribution is 9.10. The molecule has 17 heavy (non-hydrogen) atoms. The predicted molar refractivity (Wildman–Crippen MR) is 72.7 cm³/mol. The van der Waals surface area contributed by atoms with E-state index in [1.807, 2.05) is 19.2 Å². The molecule has 6 heteroatoms. The molecule has 0 saturated carbocycles. The summed E-state index contributed by atoms with van der Waals surface area (Å²) in [5.74, 6) is 0.218. The van der Waals surface area contributed by atoms with Gasteiger partial charge in [-0.1, -0.05) is 0 Å². The van der Waals surface area contributed by atoms with Gasteiger partial charge < -0.3 is 5.32 Å². The molecule has 1 rings (SSSR count). The summed E-state index contributed by atoms with van der Waals surface area (Å²) >= 11 is 3.45. The molecule has 1 aromatic rings. The molecule has 0 aliphatic rings. The van der Waals surface area contributed by atoms with Gasteiger partial charge in [0.2, 0.25) is 0 Å². The molecule has 1 heterocycles. The number of aromatic nitrogens is 1. The molecule has 0 aliphatic heterocycles. The van der Waals surface area contributed by atoms with Crippen LogP contribution < -0.4 is 5.32 Å². The van der Waals surface area contributed by atoms with Gasteiger partial charge >= 0.3 is 0 Å². The second kappa shape index (κ2) is 6.47. The quantitative estimate of drug-likeness (QED) is 0.870. The zero-order valence-corrected chi connectivity index (χ0v) is 12.4. The van der Waals surface area contributed by atoms with Gasteiger partial charge in [-0.05, 0) is 48.0 Å². The van der Waals surface area contributed by atoms with Crippen molar-refractivity contribution in [1.82, 2.24) is 10.3 Å². The van der Waals surface area contributed by atoms with E-state index in [0.717, 1.165) is 16.6 Å². The van der Waals surface area contributed by atoms with Crippen LogP contribution >= 0.6 is 15.9 Å². The van der Waals surface area contributed by atoms with E-state index in [9.17, 15) is 8.42 Å². The Morgan fingerprint density at radius 1 is 1.53 bits per heavy atom. The minimum Gasteiger partial charge on any atom is -0.312 e. The van der Waals surface area contributed by atoms with Crippen LogP contribution in [0.15, 0.2) is 22.8 Å². The average Bonchev–Trinajstić information content (AvgIpc) is 2.24. The highest BCUT2D eigenvalue weighted by atomic mass is 79.9. The van der Waals surface area contributed by atoms with Crippen LogP contribution in [0.5, 0.6) is 0 Å². The summed E-state index contributed by atoms with van der Waals surface area (Å²) in [5, 5.41) is 3.16. The normalized spacial score (nSPS) is 13.6. The molecule has 0 radical (unpaired) electrons. The van der Waals surface area contributed by atoms with Crippen molar-refractivity contribution in [2.24, 2.45) is 0 Å². The molecule has 4 nitrogen and oxygen atoms in total. The number of halogens is 1. The van der Waals surface area contributed by atoms with Crippen molar-refractivity contribution in [3.63, 3.8) is 0 Å². The number of nitrogens with one attached hydrogen (secondary N) is 1. The molecule has 1 unspecified atom stereocenters. The van der Waals surface area contributed by atoms with Crippen LogP contribution in [0, 0.1) is 0 Å². The molecule has 0 saturated heterocycles. The Morgan fingerprint density at radius 2 is 2.24 bits per heavy atom. The lowest BCUT2D eigenvalue weighted by Crippen LogP contribution is -2.19. The molecular formula is C11H17BrN2O2S. The second-order valence-electron chi connectivity index (χ2n) is 3.98. The summed E-state index contributed by atoms with van der Waals surface area (Å²) in [5.41, 5.74) is 0.920. The van der Waals surface area contributed by atoms with Gasteiger partial charge in [-0.3, -0.25) is 4.98 Å². The molecule has 0 fully saturated rings. The summed E-state index contributed by atoms with van der Waals surface area (Å²) < 4.78 is 23.1. The van der Waals surface area contributed by atoms with E-state index >= 15 is 0 Å². The third-order valence-corrected chi connectivity index (χ3v) is 4.17. The fourth-order valence-corrected chi connectivity index (χ4v) is 2.84. The van der Waals surface area contributed by atoms with Crippen LogP contribution in [0.4, 0.5) is 0 Å². The monoisotopic (exact) mass is 320 g/mol. The molecule has 0 amide bonds. The summed E-state index contributed by atoms with van der Waals surface area (Å²) in [6, 6.07) is 3.87. The maximum Gasteiger partial charge on any atom is 0.147 e.